The quantitative estimate of drug-likeness (QED) is 0.524. The largest absolute Gasteiger partial charge is 0.506 e. The summed E-state index contributed by atoms with van der Waals surface area (Å²) >= 11 is 6.56. The molecule has 31 heavy (non-hydrogen) atoms. The molecule has 1 aliphatic heterocycles. The molecule has 0 radical (unpaired) electrons. The number of rotatable bonds is 7. The minimum atomic E-state index is -0.978. The van der Waals surface area contributed by atoms with Crippen LogP contribution in [0.4, 0.5) is 0 Å². The predicted molar refractivity (Wildman–Crippen MR) is 114 cm³/mol. The van der Waals surface area contributed by atoms with E-state index in [1.54, 1.807) is 40.6 Å². The predicted octanol–water partition coefficient (Wildman–Crippen LogP) is 4.77. The second kappa shape index (κ2) is 8.32. The standard InChI is InChI=1S/C23H24ClNO6/c1-13-20(26)15-12-31-23(18-6-5-9-30-18,19(15)22(24)25-13)8-7-14-10-16(27-2)21(29-4)17(11-14)28-3/h5-6,9-11,26H,7-8,12H2,1-4H3. The number of pyridine rings is 1. The lowest BCUT2D eigenvalue weighted by molar-refractivity contribution is -0.0268. The van der Waals surface area contributed by atoms with E-state index < -0.39 is 5.60 Å². The maximum absolute atomic E-state index is 10.6. The van der Waals surface area contributed by atoms with E-state index in [9.17, 15) is 5.11 Å². The molecule has 3 aromatic rings. The fraction of sp³-hybridized carbons (Fsp3) is 0.348. The summed E-state index contributed by atoms with van der Waals surface area (Å²) in [7, 11) is 4.73. The Bertz CT molecular complexity index is 1070. The summed E-state index contributed by atoms with van der Waals surface area (Å²) in [6.07, 6.45) is 2.67. The molecule has 1 aliphatic rings. The maximum atomic E-state index is 10.6. The molecule has 7 nitrogen and oxygen atoms in total. The van der Waals surface area contributed by atoms with Gasteiger partial charge in [0, 0.05) is 11.1 Å². The van der Waals surface area contributed by atoms with Crippen molar-refractivity contribution in [2.75, 3.05) is 21.3 Å². The molecule has 1 unspecified atom stereocenters. The Morgan fingerprint density at radius 2 is 1.87 bits per heavy atom. The van der Waals surface area contributed by atoms with E-state index >= 15 is 0 Å². The number of aromatic hydroxyl groups is 1. The van der Waals surface area contributed by atoms with Gasteiger partial charge in [-0.1, -0.05) is 11.6 Å². The van der Waals surface area contributed by atoms with Crippen molar-refractivity contribution in [3.63, 3.8) is 0 Å². The van der Waals surface area contributed by atoms with Gasteiger partial charge in [0.05, 0.1) is 39.9 Å². The normalized spacial score (nSPS) is 17.5. The molecular weight excluding hydrogens is 422 g/mol. The molecule has 0 saturated carbocycles. The summed E-state index contributed by atoms with van der Waals surface area (Å²) in [5.74, 6) is 2.38. The summed E-state index contributed by atoms with van der Waals surface area (Å²) < 4.78 is 28.4. The topological polar surface area (TPSA) is 83.2 Å². The molecule has 8 heteroatoms. The Morgan fingerprint density at radius 1 is 1.16 bits per heavy atom. The van der Waals surface area contributed by atoms with Crippen LogP contribution < -0.4 is 14.2 Å². The smallest absolute Gasteiger partial charge is 0.203 e. The van der Waals surface area contributed by atoms with Crippen molar-refractivity contribution in [2.24, 2.45) is 0 Å². The molecule has 1 atom stereocenters. The summed E-state index contributed by atoms with van der Waals surface area (Å²) in [6.45, 7) is 1.92. The maximum Gasteiger partial charge on any atom is 0.203 e. The molecule has 0 spiro atoms. The highest BCUT2D eigenvalue weighted by Gasteiger charge is 2.47. The van der Waals surface area contributed by atoms with Gasteiger partial charge in [-0.2, -0.15) is 0 Å². The number of ether oxygens (including phenoxy) is 4. The zero-order valence-corrected chi connectivity index (χ0v) is 18.6. The van der Waals surface area contributed by atoms with Crippen molar-refractivity contribution in [3.05, 3.63) is 63.8 Å². The van der Waals surface area contributed by atoms with Gasteiger partial charge in [-0.15, -0.1) is 0 Å². The van der Waals surface area contributed by atoms with E-state index in [-0.39, 0.29) is 12.4 Å². The minimum absolute atomic E-state index is 0.0978. The van der Waals surface area contributed by atoms with Crippen molar-refractivity contribution in [2.45, 2.75) is 32.0 Å². The van der Waals surface area contributed by atoms with E-state index in [4.69, 9.17) is 35.0 Å². The Labute approximate surface area is 185 Å². The Kier molecular flexibility index (Phi) is 5.73. The lowest BCUT2D eigenvalue weighted by Gasteiger charge is -2.28. The molecule has 0 fully saturated rings. The molecule has 164 valence electrons. The third-order valence-electron chi connectivity index (χ3n) is 5.68. The number of aromatic nitrogens is 1. The number of hydrogen-bond donors (Lipinski definition) is 1. The third-order valence-corrected chi connectivity index (χ3v) is 5.95. The second-order valence-electron chi connectivity index (χ2n) is 7.32. The number of nitrogens with zero attached hydrogens (tertiary/aromatic N) is 1. The van der Waals surface area contributed by atoms with E-state index in [1.807, 2.05) is 18.2 Å². The zero-order chi connectivity index (χ0) is 22.2. The van der Waals surface area contributed by atoms with Gasteiger partial charge in [-0.05, 0) is 49.6 Å². The van der Waals surface area contributed by atoms with Crippen LogP contribution in [0, 0.1) is 6.92 Å². The number of fused-ring (bicyclic) bond motifs is 1. The number of furan rings is 1. The number of aryl methyl sites for hydroxylation is 2. The van der Waals surface area contributed by atoms with Gasteiger partial charge < -0.3 is 28.5 Å². The number of methoxy groups -OCH3 is 3. The van der Waals surface area contributed by atoms with Crippen molar-refractivity contribution in [1.82, 2.24) is 4.98 Å². The first-order valence-corrected chi connectivity index (χ1v) is 10.2. The molecule has 0 bridgehead atoms. The summed E-state index contributed by atoms with van der Waals surface area (Å²) in [4.78, 5) is 4.32. The molecule has 2 aromatic heterocycles. The van der Waals surface area contributed by atoms with E-state index in [0.29, 0.717) is 57.8 Å². The zero-order valence-electron chi connectivity index (χ0n) is 17.8. The fourth-order valence-corrected chi connectivity index (χ4v) is 4.55. The fourth-order valence-electron chi connectivity index (χ4n) is 4.16. The van der Waals surface area contributed by atoms with Gasteiger partial charge in [-0.3, -0.25) is 0 Å². The number of benzene rings is 1. The molecule has 0 aliphatic carbocycles. The lowest BCUT2D eigenvalue weighted by atomic mass is 9.85. The van der Waals surface area contributed by atoms with Gasteiger partial charge in [0.1, 0.15) is 16.7 Å². The van der Waals surface area contributed by atoms with Crippen molar-refractivity contribution >= 4 is 11.6 Å². The third kappa shape index (κ3) is 3.47. The molecule has 1 aromatic carbocycles. The minimum Gasteiger partial charge on any atom is -0.506 e. The van der Waals surface area contributed by atoms with Gasteiger partial charge in [0.25, 0.3) is 0 Å². The lowest BCUT2D eigenvalue weighted by Crippen LogP contribution is -2.28. The van der Waals surface area contributed by atoms with Crippen LogP contribution in [0.25, 0.3) is 0 Å². The van der Waals surface area contributed by atoms with Gasteiger partial charge in [0.2, 0.25) is 5.75 Å². The molecular formula is C23H24ClNO6. The highest BCUT2D eigenvalue weighted by molar-refractivity contribution is 6.30. The van der Waals surface area contributed by atoms with Crippen molar-refractivity contribution in [1.29, 1.82) is 0 Å². The van der Waals surface area contributed by atoms with E-state index in [1.165, 1.54) is 0 Å². The SMILES string of the molecule is COc1cc(CCC2(c3ccco3)OCc3c(O)c(C)nc(Cl)c32)cc(OC)c1OC. The van der Waals surface area contributed by atoms with Crippen molar-refractivity contribution < 1.29 is 28.5 Å². The van der Waals surface area contributed by atoms with Crippen LogP contribution in [0.15, 0.2) is 34.9 Å². The number of hydrogen-bond acceptors (Lipinski definition) is 7. The summed E-state index contributed by atoms with van der Waals surface area (Å²) in [6, 6.07) is 7.45. The van der Waals surface area contributed by atoms with Crippen LogP contribution in [0.2, 0.25) is 5.15 Å². The second-order valence-corrected chi connectivity index (χ2v) is 7.67. The number of halogens is 1. The first kappa shape index (κ1) is 21.3. The summed E-state index contributed by atoms with van der Waals surface area (Å²) in [5, 5.41) is 10.9. The Hall–Kier alpha value is -2.90. The first-order valence-electron chi connectivity index (χ1n) is 9.80. The van der Waals surface area contributed by atoms with Crippen LogP contribution >= 0.6 is 11.6 Å². The highest BCUT2D eigenvalue weighted by Crippen LogP contribution is 2.51. The summed E-state index contributed by atoms with van der Waals surface area (Å²) in [5.41, 5.74) is 1.72. The van der Waals surface area contributed by atoms with Crippen LogP contribution in [0.5, 0.6) is 23.0 Å². The van der Waals surface area contributed by atoms with E-state index in [2.05, 4.69) is 4.98 Å². The van der Waals surface area contributed by atoms with Crippen LogP contribution in [-0.4, -0.2) is 31.4 Å². The van der Waals surface area contributed by atoms with Crippen LogP contribution in [0.1, 0.15) is 34.6 Å². The average molecular weight is 446 g/mol. The first-order chi connectivity index (χ1) is 14.9. The average Bonchev–Trinajstić information content (AvgIpc) is 3.44. The van der Waals surface area contributed by atoms with E-state index in [0.717, 1.165) is 5.56 Å². The molecule has 0 saturated heterocycles. The van der Waals surface area contributed by atoms with Crippen LogP contribution in [-0.2, 0) is 23.4 Å². The van der Waals surface area contributed by atoms with Gasteiger partial charge in [-0.25, -0.2) is 4.98 Å². The van der Waals surface area contributed by atoms with Crippen LogP contribution in [0.3, 0.4) is 0 Å². The Balaban J connectivity index is 1.77. The van der Waals surface area contributed by atoms with Gasteiger partial charge in [0.15, 0.2) is 17.1 Å². The van der Waals surface area contributed by atoms with Gasteiger partial charge >= 0.3 is 0 Å². The molecule has 1 N–H and O–H groups in total. The highest BCUT2D eigenvalue weighted by atomic mass is 35.5. The molecule has 0 amide bonds. The Morgan fingerprint density at radius 3 is 2.45 bits per heavy atom. The molecule has 4 rings (SSSR count). The molecule has 3 heterocycles. The van der Waals surface area contributed by atoms with Crippen molar-refractivity contribution in [3.8, 4) is 23.0 Å². The monoisotopic (exact) mass is 445 g/mol.